The van der Waals surface area contributed by atoms with Gasteiger partial charge in [0.25, 0.3) is 6.43 Å². The van der Waals surface area contributed by atoms with Crippen LogP contribution in [0.15, 0.2) is 12.5 Å². The molecule has 0 spiro atoms. The number of rotatable bonds is 2. The van der Waals surface area contributed by atoms with Gasteiger partial charge in [0.2, 0.25) is 0 Å². The van der Waals surface area contributed by atoms with Crippen LogP contribution in [0.2, 0.25) is 5.15 Å². The van der Waals surface area contributed by atoms with Gasteiger partial charge in [0.15, 0.2) is 0 Å². The van der Waals surface area contributed by atoms with E-state index in [9.17, 15) is 13.9 Å². The molecule has 0 aliphatic heterocycles. The number of hydrogen-bond donors (Lipinski definition) is 2. The Bertz CT molecular complexity index is 488. The van der Waals surface area contributed by atoms with Gasteiger partial charge in [-0.15, -0.1) is 0 Å². The molecule has 0 saturated heterocycles. The smallest absolute Gasteiger partial charge is 0.268 e. The first kappa shape index (κ1) is 10.3. The monoisotopic (exact) mass is 233 g/mol. The molecule has 4 nitrogen and oxygen atoms in total. The minimum Gasteiger partial charge on any atom is -0.382 e. The molecular weight excluding hydrogens is 228 g/mol. The lowest BCUT2D eigenvalue weighted by Crippen LogP contribution is -2.07. The van der Waals surface area contributed by atoms with Crippen molar-refractivity contribution < 1.29 is 13.9 Å². The molecule has 15 heavy (non-hydrogen) atoms. The molecule has 0 radical (unpaired) electrons. The molecule has 2 aromatic rings. The van der Waals surface area contributed by atoms with E-state index < -0.39 is 12.5 Å². The van der Waals surface area contributed by atoms with E-state index in [1.165, 1.54) is 12.5 Å². The van der Waals surface area contributed by atoms with E-state index in [-0.39, 0.29) is 16.1 Å². The van der Waals surface area contributed by atoms with Gasteiger partial charge in [-0.05, 0) is 0 Å². The van der Waals surface area contributed by atoms with E-state index in [0.717, 1.165) is 0 Å². The molecule has 80 valence electrons. The van der Waals surface area contributed by atoms with Crippen LogP contribution in [-0.4, -0.2) is 26.5 Å². The largest absolute Gasteiger partial charge is 0.382 e. The van der Waals surface area contributed by atoms with Gasteiger partial charge >= 0.3 is 0 Å². The molecule has 0 aliphatic rings. The van der Waals surface area contributed by atoms with E-state index in [1.54, 1.807) is 0 Å². The van der Waals surface area contributed by atoms with E-state index >= 15 is 0 Å². The van der Waals surface area contributed by atoms with Crippen LogP contribution < -0.4 is 0 Å². The van der Waals surface area contributed by atoms with Crippen molar-refractivity contribution in [1.29, 1.82) is 0 Å². The summed E-state index contributed by atoms with van der Waals surface area (Å²) < 4.78 is 24.6. The summed E-state index contributed by atoms with van der Waals surface area (Å²) in [5.41, 5.74) is 0.329. The Morgan fingerprint density at radius 2 is 2.13 bits per heavy atom. The third-order valence-corrected chi connectivity index (χ3v) is 2.30. The van der Waals surface area contributed by atoms with Gasteiger partial charge in [-0.25, -0.2) is 18.7 Å². The second kappa shape index (κ2) is 3.71. The zero-order valence-electron chi connectivity index (χ0n) is 7.28. The number of H-pyrrole nitrogens is 1. The van der Waals surface area contributed by atoms with Crippen molar-refractivity contribution in [3.8, 4) is 0 Å². The van der Waals surface area contributed by atoms with Crippen LogP contribution >= 0.6 is 11.6 Å². The molecule has 0 amide bonds. The predicted molar refractivity (Wildman–Crippen MR) is 49.9 cm³/mol. The fourth-order valence-corrected chi connectivity index (χ4v) is 1.56. The highest BCUT2D eigenvalue weighted by molar-refractivity contribution is 6.34. The Labute approximate surface area is 87.9 Å². The molecule has 1 unspecified atom stereocenters. The molecular formula is C8H6ClF2N3O. The molecule has 7 heteroatoms. The Morgan fingerprint density at radius 1 is 1.40 bits per heavy atom. The van der Waals surface area contributed by atoms with Crippen LogP contribution in [0.4, 0.5) is 8.78 Å². The molecule has 2 heterocycles. The van der Waals surface area contributed by atoms with Gasteiger partial charge in [-0.2, -0.15) is 0 Å². The van der Waals surface area contributed by atoms with Gasteiger partial charge in [-0.3, -0.25) is 0 Å². The van der Waals surface area contributed by atoms with Crippen molar-refractivity contribution in [3.05, 3.63) is 23.2 Å². The van der Waals surface area contributed by atoms with E-state index in [0.29, 0.717) is 5.65 Å². The maximum Gasteiger partial charge on any atom is 0.268 e. The molecule has 2 aromatic heterocycles. The summed E-state index contributed by atoms with van der Waals surface area (Å²) in [7, 11) is 0. The highest BCUT2D eigenvalue weighted by atomic mass is 35.5. The minimum atomic E-state index is -2.87. The van der Waals surface area contributed by atoms with Crippen molar-refractivity contribution in [3.63, 3.8) is 0 Å². The zero-order valence-corrected chi connectivity index (χ0v) is 8.04. The molecule has 0 bridgehead atoms. The highest BCUT2D eigenvalue weighted by Crippen LogP contribution is 2.30. The van der Waals surface area contributed by atoms with Crippen molar-refractivity contribution in [2.45, 2.75) is 12.5 Å². The molecule has 0 saturated carbocycles. The van der Waals surface area contributed by atoms with Crippen LogP contribution in [-0.2, 0) is 0 Å². The van der Waals surface area contributed by atoms with Crippen LogP contribution in [0, 0.1) is 0 Å². The van der Waals surface area contributed by atoms with Crippen molar-refractivity contribution in [2.24, 2.45) is 0 Å². The second-order valence-electron chi connectivity index (χ2n) is 2.91. The number of halogens is 3. The van der Waals surface area contributed by atoms with E-state index in [1.807, 2.05) is 0 Å². The van der Waals surface area contributed by atoms with Crippen LogP contribution in [0.1, 0.15) is 11.7 Å². The number of aromatic nitrogens is 3. The van der Waals surface area contributed by atoms with Crippen LogP contribution in [0.25, 0.3) is 11.0 Å². The first-order valence-corrected chi connectivity index (χ1v) is 4.42. The lowest BCUT2D eigenvalue weighted by atomic mass is 10.1. The van der Waals surface area contributed by atoms with Crippen LogP contribution in [0.5, 0.6) is 0 Å². The first-order chi connectivity index (χ1) is 7.11. The molecule has 0 aliphatic carbocycles. The number of hydrogen-bond acceptors (Lipinski definition) is 3. The van der Waals surface area contributed by atoms with Gasteiger partial charge in [0.1, 0.15) is 23.2 Å². The van der Waals surface area contributed by atoms with Crippen molar-refractivity contribution >= 4 is 22.6 Å². The third-order valence-electron chi connectivity index (χ3n) is 2.01. The standard InChI is InChI=1S/C8H6ClF2N3O/c9-6-4-3(5(15)7(10)11)1-12-8(4)14-2-13-6/h1-2,5,7,15H,(H,12,13,14). The van der Waals surface area contributed by atoms with Gasteiger partial charge in [0.05, 0.1) is 5.39 Å². The molecule has 1 atom stereocenters. The topological polar surface area (TPSA) is 61.8 Å². The number of aliphatic hydroxyl groups excluding tert-OH is 1. The maximum absolute atomic E-state index is 12.3. The summed E-state index contributed by atoms with van der Waals surface area (Å²) in [4.78, 5) is 10.1. The Hall–Kier alpha value is -1.27. The molecule has 0 aromatic carbocycles. The van der Waals surface area contributed by atoms with Gasteiger partial charge in [0, 0.05) is 11.8 Å². The van der Waals surface area contributed by atoms with E-state index in [2.05, 4.69) is 15.0 Å². The number of aromatic amines is 1. The molecule has 2 rings (SSSR count). The average molecular weight is 234 g/mol. The SMILES string of the molecule is OC(c1c[nH]c2ncnc(Cl)c12)C(F)F. The Kier molecular flexibility index (Phi) is 2.54. The van der Waals surface area contributed by atoms with Gasteiger partial charge in [-0.1, -0.05) is 11.6 Å². The third kappa shape index (κ3) is 1.66. The number of aliphatic hydroxyl groups is 1. The highest BCUT2D eigenvalue weighted by Gasteiger charge is 2.24. The Balaban J connectivity index is 2.62. The predicted octanol–water partition coefficient (Wildman–Crippen LogP) is 1.91. The number of nitrogens with one attached hydrogen (secondary N) is 1. The Morgan fingerprint density at radius 3 is 2.80 bits per heavy atom. The lowest BCUT2D eigenvalue weighted by Gasteiger charge is -2.07. The number of fused-ring (bicyclic) bond motifs is 1. The number of nitrogens with zero attached hydrogens (tertiary/aromatic N) is 2. The van der Waals surface area contributed by atoms with Crippen LogP contribution in [0.3, 0.4) is 0 Å². The van der Waals surface area contributed by atoms with Gasteiger partial charge < -0.3 is 10.1 Å². The molecule has 0 fully saturated rings. The summed E-state index contributed by atoms with van der Waals surface area (Å²) in [5.74, 6) is 0. The quantitative estimate of drug-likeness (QED) is 0.779. The first-order valence-electron chi connectivity index (χ1n) is 4.05. The molecule has 2 N–H and O–H groups in total. The zero-order chi connectivity index (χ0) is 11.0. The summed E-state index contributed by atoms with van der Waals surface area (Å²) in [6.07, 6.45) is -2.30. The average Bonchev–Trinajstić information content (AvgIpc) is 2.61. The summed E-state index contributed by atoms with van der Waals surface area (Å²) >= 11 is 5.73. The fourth-order valence-electron chi connectivity index (χ4n) is 1.32. The summed E-state index contributed by atoms with van der Waals surface area (Å²) in [5, 5.41) is 9.49. The summed E-state index contributed by atoms with van der Waals surface area (Å²) in [6.45, 7) is 0. The number of alkyl halides is 2. The fraction of sp³-hybridized carbons (Fsp3) is 0.250. The van der Waals surface area contributed by atoms with E-state index in [4.69, 9.17) is 11.6 Å². The normalized spacial score (nSPS) is 13.7. The summed E-state index contributed by atoms with van der Waals surface area (Å²) in [6, 6.07) is 0. The van der Waals surface area contributed by atoms with Crippen molar-refractivity contribution in [1.82, 2.24) is 15.0 Å². The second-order valence-corrected chi connectivity index (χ2v) is 3.27. The lowest BCUT2D eigenvalue weighted by molar-refractivity contribution is -0.00495. The van der Waals surface area contributed by atoms with Crippen molar-refractivity contribution in [2.75, 3.05) is 0 Å². The maximum atomic E-state index is 12.3. The minimum absolute atomic E-state index is 0.00519.